The summed E-state index contributed by atoms with van der Waals surface area (Å²) in [5.74, 6) is -0.538. The van der Waals surface area contributed by atoms with Crippen molar-refractivity contribution in [3.63, 3.8) is 0 Å². The van der Waals surface area contributed by atoms with Crippen LogP contribution in [0.3, 0.4) is 0 Å². The number of halogens is 2. The Kier molecular flexibility index (Phi) is 7.17. The Balaban J connectivity index is 1.47. The van der Waals surface area contributed by atoms with E-state index in [1.165, 1.54) is 24.3 Å². The van der Waals surface area contributed by atoms with Crippen molar-refractivity contribution in [2.24, 2.45) is 0 Å². The van der Waals surface area contributed by atoms with Gasteiger partial charge < -0.3 is 15.2 Å². The summed E-state index contributed by atoms with van der Waals surface area (Å²) in [6.07, 6.45) is -0.951. The molecule has 0 radical (unpaired) electrons. The molecule has 5 nitrogen and oxygen atoms in total. The number of amides is 1. The van der Waals surface area contributed by atoms with Crippen molar-refractivity contribution in [2.45, 2.75) is 6.10 Å². The number of ketones is 1. The van der Waals surface area contributed by atoms with Gasteiger partial charge in [-0.1, -0.05) is 23.7 Å². The lowest BCUT2D eigenvalue weighted by atomic mass is 10.0. The minimum atomic E-state index is -0.951. The Morgan fingerprint density at radius 3 is 2.10 bits per heavy atom. The van der Waals surface area contributed by atoms with E-state index < -0.39 is 17.8 Å². The number of carbonyl (C=O) groups excluding carboxylic acids is 2. The van der Waals surface area contributed by atoms with Crippen molar-refractivity contribution in [3.8, 4) is 5.75 Å². The number of aliphatic hydroxyl groups is 1. The molecular weight excluding hydrogens is 409 g/mol. The van der Waals surface area contributed by atoms with E-state index in [4.69, 9.17) is 16.3 Å². The third-order valence-electron chi connectivity index (χ3n) is 4.34. The van der Waals surface area contributed by atoms with Gasteiger partial charge in [-0.15, -0.1) is 0 Å². The van der Waals surface area contributed by atoms with Gasteiger partial charge in [-0.25, -0.2) is 4.39 Å². The highest BCUT2D eigenvalue weighted by Gasteiger charge is 2.11. The maximum atomic E-state index is 12.9. The average molecular weight is 428 g/mol. The highest BCUT2D eigenvalue weighted by molar-refractivity contribution is 6.30. The summed E-state index contributed by atoms with van der Waals surface area (Å²) < 4.78 is 18.3. The van der Waals surface area contributed by atoms with Crippen LogP contribution in [0.2, 0.25) is 5.02 Å². The van der Waals surface area contributed by atoms with E-state index in [2.05, 4.69) is 5.32 Å². The molecule has 0 aliphatic heterocycles. The molecule has 154 valence electrons. The van der Waals surface area contributed by atoms with Gasteiger partial charge in [-0.2, -0.15) is 0 Å². The first-order valence-electron chi connectivity index (χ1n) is 9.16. The largest absolute Gasteiger partial charge is 0.484 e. The number of rotatable bonds is 8. The molecule has 0 fully saturated rings. The van der Waals surface area contributed by atoms with E-state index in [0.29, 0.717) is 27.5 Å². The Morgan fingerprint density at radius 2 is 1.50 bits per heavy atom. The molecule has 0 saturated carbocycles. The third kappa shape index (κ3) is 5.89. The van der Waals surface area contributed by atoms with Crippen LogP contribution >= 0.6 is 11.6 Å². The topological polar surface area (TPSA) is 75.6 Å². The number of ether oxygens (including phenoxy) is 1. The van der Waals surface area contributed by atoms with Crippen molar-refractivity contribution in [1.29, 1.82) is 0 Å². The fourth-order valence-electron chi connectivity index (χ4n) is 2.68. The van der Waals surface area contributed by atoms with E-state index in [0.717, 1.165) is 0 Å². The van der Waals surface area contributed by atoms with Gasteiger partial charge in [0.25, 0.3) is 5.91 Å². The first kappa shape index (κ1) is 21.5. The Morgan fingerprint density at radius 1 is 0.933 bits per heavy atom. The van der Waals surface area contributed by atoms with Crippen LogP contribution in [-0.4, -0.2) is 29.9 Å². The normalized spacial score (nSPS) is 11.6. The molecule has 0 spiro atoms. The van der Waals surface area contributed by atoms with Gasteiger partial charge in [-0.05, 0) is 66.2 Å². The number of nitrogens with one attached hydrogen (secondary N) is 1. The lowest BCUT2D eigenvalue weighted by Crippen LogP contribution is -2.32. The van der Waals surface area contributed by atoms with Gasteiger partial charge in [0.2, 0.25) is 0 Å². The molecule has 2 N–H and O–H groups in total. The highest BCUT2D eigenvalue weighted by Crippen LogP contribution is 2.17. The van der Waals surface area contributed by atoms with Gasteiger partial charge in [0.15, 0.2) is 12.4 Å². The molecule has 0 aromatic heterocycles. The van der Waals surface area contributed by atoms with Gasteiger partial charge in [0.1, 0.15) is 11.6 Å². The van der Waals surface area contributed by atoms with Crippen LogP contribution in [0.15, 0.2) is 72.8 Å². The average Bonchev–Trinajstić information content (AvgIpc) is 2.77. The van der Waals surface area contributed by atoms with Crippen molar-refractivity contribution in [1.82, 2.24) is 5.32 Å². The van der Waals surface area contributed by atoms with Crippen LogP contribution in [-0.2, 0) is 4.79 Å². The highest BCUT2D eigenvalue weighted by atomic mass is 35.5. The smallest absolute Gasteiger partial charge is 0.258 e. The molecule has 3 aromatic carbocycles. The van der Waals surface area contributed by atoms with Gasteiger partial charge in [0, 0.05) is 22.7 Å². The number of aliphatic hydroxyl groups excluding tert-OH is 1. The van der Waals surface area contributed by atoms with Crippen molar-refractivity contribution in [2.75, 3.05) is 13.2 Å². The molecule has 3 rings (SSSR count). The molecular formula is C23H19ClFNO4. The number of hydrogen-bond acceptors (Lipinski definition) is 4. The molecule has 1 unspecified atom stereocenters. The van der Waals surface area contributed by atoms with E-state index in [9.17, 15) is 19.1 Å². The van der Waals surface area contributed by atoms with Crippen LogP contribution in [0.25, 0.3) is 0 Å². The zero-order valence-electron chi connectivity index (χ0n) is 15.8. The Bertz CT molecular complexity index is 1000. The lowest BCUT2D eigenvalue weighted by molar-refractivity contribution is -0.123. The van der Waals surface area contributed by atoms with Crippen LogP contribution < -0.4 is 10.1 Å². The van der Waals surface area contributed by atoms with Crippen molar-refractivity contribution >= 4 is 23.3 Å². The van der Waals surface area contributed by atoms with Crippen LogP contribution in [0.5, 0.6) is 5.75 Å². The third-order valence-corrected chi connectivity index (χ3v) is 4.59. The molecule has 1 atom stereocenters. The first-order valence-corrected chi connectivity index (χ1v) is 9.53. The van der Waals surface area contributed by atoms with Crippen molar-refractivity contribution in [3.05, 3.63) is 100 Å². The quantitative estimate of drug-likeness (QED) is 0.534. The second-order valence-corrected chi connectivity index (χ2v) is 6.96. The fourth-order valence-corrected chi connectivity index (χ4v) is 2.81. The minimum absolute atomic E-state index is 0.0254. The Labute approximate surface area is 178 Å². The molecule has 7 heteroatoms. The SMILES string of the molecule is O=C(COc1ccc(C(=O)c2ccc(Cl)cc2)cc1)NCC(O)c1ccc(F)cc1. The van der Waals surface area contributed by atoms with Gasteiger partial charge >= 0.3 is 0 Å². The summed E-state index contributed by atoms with van der Waals surface area (Å²) in [4.78, 5) is 24.3. The minimum Gasteiger partial charge on any atom is -0.484 e. The van der Waals surface area contributed by atoms with Crippen LogP contribution in [0.1, 0.15) is 27.6 Å². The van der Waals surface area contributed by atoms with Crippen LogP contribution in [0, 0.1) is 5.82 Å². The summed E-state index contributed by atoms with van der Waals surface area (Å²) in [6.45, 7) is -0.275. The number of benzene rings is 3. The predicted octanol–water partition coefficient (Wildman–Crippen LogP) is 3.94. The standard InChI is InChI=1S/C23H19ClFNO4/c24-18-7-1-16(2-8-18)23(29)17-5-11-20(12-6-17)30-14-22(28)26-13-21(27)15-3-9-19(25)10-4-15/h1-12,21,27H,13-14H2,(H,26,28). The molecule has 0 saturated heterocycles. The summed E-state index contributed by atoms with van der Waals surface area (Å²) >= 11 is 5.83. The molecule has 0 aliphatic carbocycles. The second-order valence-electron chi connectivity index (χ2n) is 6.52. The molecule has 0 bridgehead atoms. The molecule has 30 heavy (non-hydrogen) atoms. The van der Waals surface area contributed by atoms with Crippen LogP contribution in [0.4, 0.5) is 4.39 Å². The second kappa shape index (κ2) is 10.0. The number of hydrogen-bond donors (Lipinski definition) is 2. The molecule has 3 aromatic rings. The molecule has 0 aliphatic rings. The maximum absolute atomic E-state index is 12.9. The summed E-state index contributed by atoms with van der Waals surface area (Å²) in [6, 6.07) is 18.4. The summed E-state index contributed by atoms with van der Waals surface area (Å²) in [5.41, 5.74) is 1.50. The lowest BCUT2D eigenvalue weighted by Gasteiger charge is -2.13. The van der Waals surface area contributed by atoms with E-state index in [1.807, 2.05) is 0 Å². The maximum Gasteiger partial charge on any atom is 0.258 e. The van der Waals surface area contributed by atoms with E-state index in [1.54, 1.807) is 48.5 Å². The number of carbonyl (C=O) groups is 2. The summed E-state index contributed by atoms with van der Waals surface area (Å²) in [5, 5.41) is 13.1. The Hall–Kier alpha value is -3.22. The molecule has 0 heterocycles. The van der Waals surface area contributed by atoms with Gasteiger partial charge in [-0.3, -0.25) is 9.59 Å². The fraction of sp³-hybridized carbons (Fsp3) is 0.130. The van der Waals surface area contributed by atoms with E-state index in [-0.39, 0.29) is 18.9 Å². The van der Waals surface area contributed by atoms with Gasteiger partial charge in [0.05, 0.1) is 6.10 Å². The molecule has 1 amide bonds. The first-order chi connectivity index (χ1) is 14.4. The van der Waals surface area contributed by atoms with E-state index >= 15 is 0 Å². The zero-order chi connectivity index (χ0) is 21.5. The predicted molar refractivity (Wildman–Crippen MR) is 111 cm³/mol. The van der Waals surface area contributed by atoms with Crippen molar-refractivity contribution < 1.29 is 23.8 Å². The zero-order valence-corrected chi connectivity index (χ0v) is 16.6. The summed E-state index contributed by atoms with van der Waals surface area (Å²) in [7, 11) is 0. The monoisotopic (exact) mass is 427 g/mol.